The lowest BCUT2D eigenvalue weighted by Crippen LogP contribution is -2.28. The highest BCUT2D eigenvalue weighted by Crippen LogP contribution is 2.20. The Morgan fingerprint density at radius 2 is 2.17 bits per heavy atom. The van der Waals surface area contributed by atoms with E-state index in [1.807, 2.05) is 6.07 Å². The topological polar surface area (TPSA) is 48.0 Å². The molecule has 96 valence electrons. The number of fused-ring (bicyclic) bond motifs is 1. The molecule has 3 N–H and O–H groups in total. The van der Waals surface area contributed by atoms with Crippen LogP contribution >= 0.6 is 0 Å². The molecule has 1 unspecified atom stereocenters. The van der Waals surface area contributed by atoms with Crippen molar-refractivity contribution >= 4 is 10.9 Å². The zero-order valence-electron chi connectivity index (χ0n) is 10.5. The second-order valence-corrected chi connectivity index (χ2v) is 5.23. The molecule has 3 rings (SSSR count). The van der Waals surface area contributed by atoms with Gasteiger partial charge in [-0.2, -0.15) is 0 Å². The van der Waals surface area contributed by atoms with Crippen LogP contribution in [-0.4, -0.2) is 28.8 Å². The third kappa shape index (κ3) is 2.74. The van der Waals surface area contributed by atoms with E-state index in [-0.39, 0.29) is 6.10 Å². The molecule has 3 nitrogen and oxygen atoms in total. The van der Waals surface area contributed by atoms with Crippen molar-refractivity contribution in [3.05, 3.63) is 36.0 Å². The maximum Gasteiger partial charge on any atom is 0.0667 e. The van der Waals surface area contributed by atoms with Gasteiger partial charge in [0.1, 0.15) is 0 Å². The smallest absolute Gasteiger partial charge is 0.0667 e. The maximum atomic E-state index is 9.92. The Bertz CT molecular complexity index is 516. The lowest BCUT2D eigenvalue weighted by atomic mass is 10.1. The van der Waals surface area contributed by atoms with Gasteiger partial charge in [-0.05, 0) is 37.3 Å². The van der Waals surface area contributed by atoms with Gasteiger partial charge in [0.25, 0.3) is 0 Å². The first-order valence-corrected chi connectivity index (χ1v) is 6.79. The monoisotopic (exact) mass is 244 g/mol. The number of hydrogen-bond acceptors (Lipinski definition) is 2. The van der Waals surface area contributed by atoms with Gasteiger partial charge in [-0.15, -0.1) is 0 Å². The highest BCUT2D eigenvalue weighted by molar-refractivity contribution is 5.82. The van der Waals surface area contributed by atoms with E-state index in [1.165, 1.54) is 29.3 Å². The molecule has 0 amide bonds. The highest BCUT2D eigenvalue weighted by Gasteiger charge is 2.21. The first-order valence-electron chi connectivity index (χ1n) is 6.79. The molecular weight excluding hydrogens is 224 g/mol. The number of hydrogen-bond donors (Lipinski definition) is 3. The number of aromatic nitrogens is 1. The van der Waals surface area contributed by atoms with Gasteiger partial charge in [-0.1, -0.05) is 18.2 Å². The Kier molecular flexibility index (Phi) is 3.35. The predicted octanol–water partition coefficient (Wildman–Crippen LogP) is 2.21. The lowest BCUT2D eigenvalue weighted by Gasteiger charge is -2.10. The fourth-order valence-corrected chi connectivity index (χ4v) is 2.35. The number of para-hydroxylation sites is 1. The van der Waals surface area contributed by atoms with Gasteiger partial charge in [0.05, 0.1) is 6.10 Å². The summed E-state index contributed by atoms with van der Waals surface area (Å²) in [7, 11) is 0. The molecule has 18 heavy (non-hydrogen) atoms. The van der Waals surface area contributed by atoms with Gasteiger partial charge in [0.2, 0.25) is 0 Å². The first kappa shape index (κ1) is 11.8. The van der Waals surface area contributed by atoms with E-state index >= 15 is 0 Å². The maximum absolute atomic E-state index is 9.92. The molecule has 1 aromatic carbocycles. The van der Waals surface area contributed by atoms with Crippen molar-refractivity contribution in [3.8, 4) is 0 Å². The van der Waals surface area contributed by atoms with Crippen LogP contribution in [-0.2, 0) is 6.42 Å². The molecule has 3 heteroatoms. The van der Waals surface area contributed by atoms with Crippen LogP contribution in [0.15, 0.2) is 30.5 Å². The second-order valence-electron chi connectivity index (χ2n) is 5.23. The Hall–Kier alpha value is -1.32. The molecule has 0 spiro atoms. The van der Waals surface area contributed by atoms with Crippen LogP contribution in [0.4, 0.5) is 0 Å². The zero-order chi connectivity index (χ0) is 12.4. The summed E-state index contributed by atoms with van der Waals surface area (Å²) in [6.45, 7) is 0.729. The van der Waals surface area contributed by atoms with Crippen molar-refractivity contribution in [2.75, 3.05) is 6.54 Å². The van der Waals surface area contributed by atoms with Crippen molar-refractivity contribution in [3.63, 3.8) is 0 Å². The van der Waals surface area contributed by atoms with E-state index in [1.54, 1.807) is 0 Å². The molecule has 2 aromatic rings. The number of benzene rings is 1. The largest absolute Gasteiger partial charge is 0.392 e. The van der Waals surface area contributed by atoms with Crippen LogP contribution in [0, 0.1) is 0 Å². The van der Waals surface area contributed by atoms with Gasteiger partial charge < -0.3 is 15.4 Å². The minimum absolute atomic E-state index is 0.237. The number of aliphatic hydroxyl groups excluding tert-OH is 1. The number of H-pyrrole nitrogens is 1. The van der Waals surface area contributed by atoms with Gasteiger partial charge >= 0.3 is 0 Å². The third-order valence-corrected chi connectivity index (χ3v) is 3.64. The van der Waals surface area contributed by atoms with E-state index < -0.39 is 0 Å². The molecule has 1 fully saturated rings. The number of aryl methyl sites for hydroxylation is 1. The third-order valence-electron chi connectivity index (χ3n) is 3.64. The standard InChI is InChI=1S/C15H20N2O/c18-13(10-16-12-6-7-12)8-5-11-9-17-15-4-2-1-3-14(11)15/h1-4,9,12-13,16-18H,5-8,10H2. The molecule has 1 aromatic heterocycles. The van der Waals surface area contributed by atoms with Crippen LogP contribution in [0.5, 0.6) is 0 Å². The number of rotatable bonds is 6. The summed E-state index contributed by atoms with van der Waals surface area (Å²) >= 11 is 0. The molecular formula is C15H20N2O. The van der Waals surface area contributed by atoms with E-state index in [0.717, 1.165) is 19.4 Å². The van der Waals surface area contributed by atoms with Gasteiger partial charge in [-0.3, -0.25) is 0 Å². The fourth-order valence-electron chi connectivity index (χ4n) is 2.35. The summed E-state index contributed by atoms with van der Waals surface area (Å²) in [5, 5.41) is 14.6. The predicted molar refractivity (Wildman–Crippen MR) is 73.7 cm³/mol. The Morgan fingerprint density at radius 3 is 3.00 bits per heavy atom. The van der Waals surface area contributed by atoms with Gasteiger partial charge in [-0.25, -0.2) is 0 Å². The molecule has 0 aliphatic heterocycles. The molecule has 1 atom stereocenters. The van der Waals surface area contributed by atoms with Crippen LogP contribution < -0.4 is 5.32 Å². The molecule has 1 saturated carbocycles. The number of aromatic amines is 1. The summed E-state index contributed by atoms with van der Waals surface area (Å²) in [5.41, 5.74) is 2.48. The van der Waals surface area contributed by atoms with Crippen LogP contribution in [0.1, 0.15) is 24.8 Å². The number of aliphatic hydroxyl groups is 1. The minimum atomic E-state index is -0.237. The normalized spacial score (nSPS) is 17.2. The van der Waals surface area contributed by atoms with E-state index in [4.69, 9.17) is 0 Å². The minimum Gasteiger partial charge on any atom is -0.392 e. The summed E-state index contributed by atoms with van der Waals surface area (Å²) in [6.07, 6.45) is 6.12. The summed E-state index contributed by atoms with van der Waals surface area (Å²) in [5.74, 6) is 0. The molecule has 1 aliphatic carbocycles. The van der Waals surface area contributed by atoms with Crippen molar-refractivity contribution < 1.29 is 5.11 Å². The average molecular weight is 244 g/mol. The van der Waals surface area contributed by atoms with Crippen LogP contribution in [0.3, 0.4) is 0 Å². The Labute approximate surface area is 107 Å². The van der Waals surface area contributed by atoms with Crippen molar-refractivity contribution in [1.29, 1.82) is 0 Å². The number of nitrogens with one attached hydrogen (secondary N) is 2. The lowest BCUT2D eigenvalue weighted by molar-refractivity contribution is 0.161. The van der Waals surface area contributed by atoms with Crippen LogP contribution in [0.25, 0.3) is 10.9 Å². The van der Waals surface area contributed by atoms with Crippen molar-refractivity contribution in [2.45, 2.75) is 37.8 Å². The molecule has 0 radical (unpaired) electrons. The van der Waals surface area contributed by atoms with Gasteiger partial charge in [0, 0.05) is 29.7 Å². The molecule has 1 heterocycles. The van der Waals surface area contributed by atoms with E-state index in [0.29, 0.717) is 6.04 Å². The summed E-state index contributed by atoms with van der Waals surface area (Å²) in [6, 6.07) is 8.99. The first-order chi connectivity index (χ1) is 8.83. The highest BCUT2D eigenvalue weighted by atomic mass is 16.3. The Balaban J connectivity index is 1.55. The molecule has 1 aliphatic rings. The summed E-state index contributed by atoms with van der Waals surface area (Å²) in [4.78, 5) is 3.27. The zero-order valence-corrected chi connectivity index (χ0v) is 10.5. The van der Waals surface area contributed by atoms with Crippen molar-refractivity contribution in [1.82, 2.24) is 10.3 Å². The van der Waals surface area contributed by atoms with Crippen molar-refractivity contribution in [2.24, 2.45) is 0 Å². The van der Waals surface area contributed by atoms with Gasteiger partial charge in [0.15, 0.2) is 0 Å². The quantitative estimate of drug-likeness (QED) is 0.729. The summed E-state index contributed by atoms with van der Waals surface area (Å²) < 4.78 is 0. The SMILES string of the molecule is OC(CCc1c[nH]c2ccccc12)CNC1CC1. The Morgan fingerprint density at radius 1 is 1.33 bits per heavy atom. The van der Waals surface area contributed by atoms with Crippen LogP contribution in [0.2, 0.25) is 0 Å². The average Bonchev–Trinajstić information content (AvgIpc) is 3.14. The second kappa shape index (κ2) is 5.12. The van der Waals surface area contributed by atoms with E-state index in [9.17, 15) is 5.11 Å². The molecule has 0 bridgehead atoms. The van der Waals surface area contributed by atoms with E-state index in [2.05, 4.69) is 34.7 Å². The fraction of sp³-hybridized carbons (Fsp3) is 0.467. The molecule has 0 saturated heterocycles.